The van der Waals surface area contributed by atoms with Crippen LogP contribution in [0, 0.1) is 0 Å². The topological polar surface area (TPSA) is 0 Å². The van der Waals surface area contributed by atoms with E-state index in [1.54, 1.807) is 0 Å². The average Bonchev–Trinajstić information content (AvgIpc) is 3.08. The fourth-order valence-electron chi connectivity index (χ4n) is 2.14. The molecule has 0 saturated carbocycles. The van der Waals surface area contributed by atoms with E-state index in [-0.39, 0.29) is 28.7 Å². The molecule has 0 heterocycles. The fourth-order valence-corrected chi connectivity index (χ4v) is 2.14. The van der Waals surface area contributed by atoms with Crippen molar-refractivity contribution in [2.45, 2.75) is 0 Å². The summed E-state index contributed by atoms with van der Waals surface area (Å²) in [4.78, 5) is 0. The Hall–Kier alpha value is -1.47. The maximum atomic E-state index is 2.12. The summed E-state index contributed by atoms with van der Waals surface area (Å²) in [6, 6.07) is 29.3. The Morgan fingerprint density at radius 3 is 1.42 bits per heavy atom. The van der Waals surface area contributed by atoms with Crippen molar-refractivity contribution in [1.82, 2.24) is 0 Å². The molecule has 92 valence electrons. The Kier molecular flexibility index (Phi) is 4.86. The molecule has 0 aliphatic rings. The minimum Gasteiger partial charge on any atom is -1.00 e. The predicted octanol–water partition coefficient (Wildman–Crippen LogP) is 5.34. The Morgan fingerprint density at radius 1 is 0.579 bits per heavy atom. The zero-order chi connectivity index (χ0) is 12.2. The molecule has 19 heavy (non-hydrogen) atoms. The monoisotopic (exact) mass is 412 g/mol. The van der Waals surface area contributed by atoms with E-state index in [4.69, 9.17) is 0 Å². The molecule has 0 nitrogen and oxygen atoms in total. The van der Waals surface area contributed by atoms with Crippen LogP contribution in [0.3, 0.4) is 0 Å². The molecule has 1 heteroatoms. The maximum Gasteiger partial charge on any atom is 4.00 e. The molecule has 4 rings (SSSR count). The van der Waals surface area contributed by atoms with E-state index in [1.807, 2.05) is 0 Å². The molecular formula is C18H16Hf. The van der Waals surface area contributed by atoms with Crippen LogP contribution in [0.25, 0.3) is 21.5 Å². The molecule has 0 atom stereocenters. The van der Waals surface area contributed by atoms with Gasteiger partial charge < -0.3 is 2.85 Å². The number of rotatable bonds is 0. The Balaban J connectivity index is 0.000000333. The van der Waals surface area contributed by atoms with Crippen LogP contribution < -0.4 is 0 Å². The summed E-state index contributed by atoms with van der Waals surface area (Å²) in [6.07, 6.45) is 0. The van der Waals surface area contributed by atoms with Crippen molar-refractivity contribution in [3.8, 4) is 0 Å². The third-order valence-electron chi connectivity index (χ3n) is 3.10. The SMILES string of the molecule is [H-].[H-].[Hf+4].c1ccc2[cH-]ccc2c1.c1ccc2[cH-]ccc2c1. The second kappa shape index (κ2) is 6.63. The van der Waals surface area contributed by atoms with Crippen LogP contribution in [0.2, 0.25) is 0 Å². The zero-order valence-electron chi connectivity index (χ0n) is 12.6. The van der Waals surface area contributed by atoms with Gasteiger partial charge in [0.25, 0.3) is 0 Å². The van der Waals surface area contributed by atoms with Crippen LogP contribution in [-0.4, -0.2) is 0 Å². The van der Waals surface area contributed by atoms with Crippen molar-refractivity contribution in [3.05, 3.63) is 84.9 Å². The van der Waals surface area contributed by atoms with Crippen molar-refractivity contribution in [3.63, 3.8) is 0 Å². The van der Waals surface area contributed by atoms with Crippen LogP contribution in [0.4, 0.5) is 0 Å². The van der Waals surface area contributed by atoms with E-state index < -0.39 is 0 Å². The summed E-state index contributed by atoms with van der Waals surface area (Å²) < 4.78 is 0. The predicted molar refractivity (Wildman–Crippen MR) is 81.3 cm³/mol. The number of benzene rings is 2. The third kappa shape index (κ3) is 3.30. The number of fused-ring (bicyclic) bond motifs is 2. The van der Waals surface area contributed by atoms with Gasteiger partial charge in [0.15, 0.2) is 0 Å². The van der Waals surface area contributed by atoms with Gasteiger partial charge in [0.05, 0.1) is 0 Å². The molecule has 0 bridgehead atoms. The molecule has 0 aliphatic carbocycles. The maximum absolute atomic E-state index is 2.12. The molecule has 4 aromatic rings. The van der Waals surface area contributed by atoms with Crippen molar-refractivity contribution in [2.75, 3.05) is 0 Å². The summed E-state index contributed by atoms with van der Waals surface area (Å²) in [6.45, 7) is 0. The molecule has 0 radical (unpaired) electrons. The second-order valence-electron chi connectivity index (χ2n) is 4.31. The molecule has 0 amide bonds. The average molecular weight is 411 g/mol. The molecule has 0 saturated heterocycles. The van der Waals surface area contributed by atoms with Gasteiger partial charge in [-0.2, -0.15) is 35.0 Å². The van der Waals surface area contributed by atoms with Crippen LogP contribution in [0.1, 0.15) is 2.85 Å². The first-order valence-corrected chi connectivity index (χ1v) is 6.14. The van der Waals surface area contributed by atoms with Gasteiger partial charge in [-0.3, -0.25) is 0 Å². The van der Waals surface area contributed by atoms with Gasteiger partial charge in [-0.15, -0.1) is 59.3 Å². The number of hydrogen-bond acceptors (Lipinski definition) is 0. The molecule has 4 aromatic carbocycles. The second-order valence-corrected chi connectivity index (χ2v) is 4.31. The molecular weight excluding hydrogens is 395 g/mol. The summed E-state index contributed by atoms with van der Waals surface area (Å²) in [7, 11) is 0. The minimum absolute atomic E-state index is 0. The van der Waals surface area contributed by atoms with Gasteiger partial charge in [-0.1, -0.05) is 12.1 Å². The zero-order valence-corrected chi connectivity index (χ0v) is 14.2. The van der Waals surface area contributed by atoms with E-state index in [1.165, 1.54) is 21.5 Å². The summed E-state index contributed by atoms with van der Waals surface area (Å²) in [5.41, 5.74) is 0. The normalized spacial score (nSPS) is 9.68. The molecule has 0 aliphatic heterocycles. The first-order chi connectivity index (χ1) is 8.93. The quantitative estimate of drug-likeness (QED) is 0.271. The fraction of sp³-hybridized carbons (Fsp3) is 0. The molecule has 0 fully saturated rings. The van der Waals surface area contributed by atoms with Gasteiger partial charge in [-0.25, -0.2) is 0 Å². The van der Waals surface area contributed by atoms with Crippen LogP contribution >= 0.6 is 0 Å². The largest absolute Gasteiger partial charge is 4.00 e. The molecule has 0 unspecified atom stereocenters. The van der Waals surface area contributed by atoms with Gasteiger partial charge in [-0.05, 0) is 0 Å². The van der Waals surface area contributed by atoms with Gasteiger partial charge in [0.1, 0.15) is 0 Å². The Morgan fingerprint density at radius 2 is 1.00 bits per heavy atom. The Bertz CT molecular complexity index is 629. The van der Waals surface area contributed by atoms with Crippen LogP contribution in [-0.2, 0) is 25.8 Å². The molecule has 0 aromatic heterocycles. The van der Waals surface area contributed by atoms with E-state index in [0.29, 0.717) is 0 Å². The number of hydrogen-bond donors (Lipinski definition) is 0. The Labute approximate surface area is 135 Å². The standard InChI is InChI=1S/2C9H7.Hf.2H/c2*1-2-5-9-7-3-6-8(9)4-1;;;/h2*1-7H;;;/q2*-1;+4;2*-1. The van der Waals surface area contributed by atoms with Crippen molar-refractivity contribution in [1.29, 1.82) is 0 Å². The van der Waals surface area contributed by atoms with E-state index >= 15 is 0 Å². The summed E-state index contributed by atoms with van der Waals surface area (Å²) >= 11 is 0. The van der Waals surface area contributed by atoms with E-state index in [2.05, 4.69) is 84.9 Å². The smallest absolute Gasteiger partial charge is 1.00 e. The van der Waals surface area contributed by atoms with Gasteiger partial charge in [0, 0.05) is 0 Å². The van der Waals surface area contributed by atoms with Gasteiger partial charge >= 0.3 is 25.8 Å². The molecule has 0 spiro atoms. The third-order valence-corrected chi connectivity index (χ3v) is 3.10. The van der Waals surface area contributed by atoms with Crippen molar-refractivity contribution in [2.24, 2.45) is 0 Å². The first-order valence-electron chi connectivity index (χ1n) is 6.14. The van der Waals surface area contributed by atoms with Crippen LogP contribution in [0.15, 0.2) is 84.9 Å². The van der Waals surface area contributed by atoms with Crippen LogP contribution in [0.5, 0.6) is 0 Å². The molecule has 0 N–H and O–H groups in total. The summed E-state index contributed by atoms with van der Waals surface area (Å²) in [5.74, 6) is 0. The van der Waals surface area contributed by atoms with Gasteiger partial charge in [0.2, 0.25) is 0 Å². The van der Waals surface area contributed by atoms with Crippen molar-refractivity contribution < 1.29 is 28.7 Å². The minimum atomic E-state index is 0. The first kappa shape index (κ1) is 14.0. The summed E-state index contributed by atoms with van der Waals surface area (Å²) in [5, 5.41) is 5.32. The van der Waals surface area contributed by atoms with Crippen molar-refractivity contribution >= 4 is 21.5 Å². The van der Waals surface area contributed by atoms with E-state index in [9.17, 15) is 0 Å². The van der Waals surface area contributed by atoms with E-state index in [0.717, 1.165) is 0 Å².